The normalized spacial score (nSPS) is 16.7. The molecule has 1 atom stereocenters. The number of halogens is 1. The predicted octanol–water partition coefficient (Wildman–Crippen LogP) is 3.27. The van der Waals surface area contributed by atoms with Crippen LogP contribution < -0.4 is 15.2 Å². The Labute approximate surface area is 110 Å². The van der Waals surface area contributed by atoms with Crippen LogP contribution in [-0.2, 0) is 0 Å². The number of rotatable bonds is 5. The minimum Gasteiger partial charge on any atom is -0.492 e. The second-order valence-electron chi connectivity index (χ2n) is 4.58. The van der Waals surface area contributed by atoms with Gasteiger partial charge in [0.05, 0.1) is 18.2 Å². The van der Waals surface area contributed by atoms with Crippen molar-refractivity contribution < 1.29 is 9.47 Å². The molecule has 1 aliphatic carbocycles. The van der Waals surface area contributed by atoms with Crippen LogP contribution in [-0.4, -0.2) is 13.7 Å². The highest BCUT2D eigenvalue weighted by atomic mass is 79.9. The van der Waals surface area contributed by atoms with E-state index >= 15 is 0 Å². The molecule has 2 N–H and O–H groups in total. The molecule has 0 bridgehead atoms. The Bertz CT molecular complexity index is 403. The van der Waals surface area contributed by atoms with Crippen molar-refractivity contribution >= 4 is 15.9 Å². The molecule has 3 nitrogen and oxygen atoms in total. The molecule has 2 rings (SSSR count). The molecule has 1 aromatic rings. The minimum absolute atomic E-state index is 0.0134. The van der Waals surface area contributed by atoms with Gasteiger partial charge in [0.2, 0.25) is 0 Å². The Balaban J connectivity index is 2.24. The predicted molar refractivity (Wildman–Crippen MR) is 71.5 cm³/mol. The average molecular weight is 300 g/mol. The van der Waals surface area contributed by atoms with Crippen molar-refractivity contribution in [2.24, 2.45) is 11.7 Å². The molecule has 1 aromatic carbocycles. The van der Waals surface area contributed by atoms with E-state index in [1.807, 2.05) is 19.1 Å². The fourth-order valence-electron chi connectivity index (χ4n) is 1.65. The summed E-state index contributed by atoms with van der Waals surface area (Å²) in [5, 5.41) is 0. The van der Waals surface area contributed by atoms with Gasteiger partial charge in [0, 0.05) is 6.04 Å². The quantitative estimate of drug-likeness (QED) is 0.907. The lowest BCUT2D eigenvalue weighted by atomic mass is 10.1. The Kier molecular flexibility index (Phi) is 3.94. The van der Waals surface area contributed by atoms with E-state index in [2.05, 4.69) is 15.9 Å². The second-order valence-corrected chi connectivity index (χ2v) is 5.43. The highest BCUT2D eigenvalue weighted by Crippen LogP contribution is 2.39. The number of methoxy groups -OCH3 is 1. The fraction of sp³-hybridized carbons (Fsp3) is 0.538. The van der Waals surface area contributed by atoms with Gasteiger partial charge in [-0.3, -0.25) is 0 Å². The Morgan fingerprint density at radius 2 is 2.18 bits per heavy atom. The van der Waals surface area contributed by atoms with Gasteiger partial charge in [-0.25, -0.2) is 0 Å². The molecule has 1 aliphatic rings. The number of nitrogens with two attached hydrogens (primary N) is 1. The summed E-state index contributed by atoms with van der Waals surface area (Å²) in [7, 11) is 1.65. The molecule has 0 aromatic heterocycles. The van der Waals surface area contributed by atoms with E-state index in [4.69, 9.17) is 15.2 Å². The van der Waals surface area contributed by atoms with E-state index in [1.54, 1.807) is 7.11 Å². The van der Waals surface area contributed by atoms with Crippen LogP contribution in [0.5, 0.6) is 11.5 Å². The zero-order valence-corrected chi connectivity index (χ0v) is 11.8. The van der Waals surface area contributed by atoms with E-state index in [0.29, 0.717) is 0 Å². The van der Waals surface area contributed by atoms with E-state index in [1.165, 1.54) is 12.8 Å². The monoisotopic (exact) mass is 299 g/mol. The molecule has 1 saturated carbocycles. The first-order valence-corrected chi connectivity index (χ1v) is 6.67. The first-order chi connectivity index (χ1) is 8.11. The molecule has 0 aliphatic heterocycles. The third-order valence-electron chi connectivity index (χ3n) is 2.93. The standard InChI is InChI=1S/C13H18BrNO2/c1-8(15)10-5-11(14)13(16-2)12(6-10)17-7-9-3-4-9/h5-6,8-9H,3-4,7,15H2,1-2H3. The summed E-state index contributed by atoms with van der Waals surface area (Å²) in [6.07, 6.45) is 2.55. The van der Waals surface area contributed by atoms with Crippen molar-refractivity contribution in [1.29, 1.82) is 0 Å². The van der Waals surface area contributed by atoms with Crippen LogP contribution in [0.2, 0.25) is 0 Å². The van der Waals surface area contributed by atoms with Crippen LogP contribution in [0.25, 0.3) is 0 Å². The average Bonchev–Trinajstić information content (AvgIpc) is 3.09. The smallest absolute Gasteiger partial charge is 0.174 e. The van der Waals surface area contributed by atoms with Gasteiger partial charge in [0.1, 0.15) is 0 Å². The van der Waals surface area contributed by atoms with Gasteiger partial charge in [-0.1, -0.05) is 0 Å². The summed E-state index contributed by atoms with van der Waals surface area (Å²) in [5.74, 6) is 2.24. The molecule has 17 heavy (non-hydrogen) atoms. The van der Waals surface area contributed by atoms with Crippen LogP contribution in [0.15, 0.2) is 16.6 Å². The number of hydrogen-bond acceptors (Lipinski definition) is 3. The Morgan fingerprint density at radius 1 is 1.47 bits per heavy atom. The summed E-state index contributed by atoms with van der Waals surface area (Å²) in [6, 6.07) is 3.94. The largest absolute Gasteiger partial charge is 0.492 e. The van der Waals surface area contributed by atoms with Crippen LogP contribution in [0.1, 0.15) is 31.4 Å². The molecule has 0 spiro atoms. The molecule has 4 heteroatoms. The van der Waals surface area contributed by atoms with Crippen molar-refractivity contribution in [2.75, 3.05) is 13.7 Å². The zero-order valence-electron chi connectivity index (χ0n) is 10.2. The van der Waals surface area contributed by atoms with Gasteiger partial charge in [-0.15, -0.1) is 0 Å². The molecule has 0 heterocycles. The summed E-state index contributed by atoms with van der Waals surface area (Å²) in [4.78, 5) is 0. The minimum atomic E-state index is -0.0134. The number of ether oxygens (including phenoxy) is 2. The summed E-state index contributed by atoms with van der Waals surface area (Å²) < 4.78 is 12.1. The zero-order chi connectivity index (χ0) is 12.4. The molecule has 1 fully saturated rings. The second kappa shape index (κ2) is 5.27. The van der Waals surface area contributed by atoms with Crippen LogP contribution >= 0.6 is 15.9 Å². The molecular weight excluding hydrogens is 282 g/mol. The van der Waals surface area contributed by atoms with Crippen molar-refractivity contribution in [2.45, 2.75) is 25.8 Å². The number of benzene rings is 1. The van der Waals surface area contributed by atoms with Crippen LogP contribution in [0, 0.1) is 5.92 Å². The molecular formula is C13H18BrNO2. The van der Waals surface area contributed by atoms with E-state index in [0.717, 1.165) is 34.1 Å². The molecule has 0 radical (unpaired) electrons. The maximum absolute atomic E-state index is 5.89. The van der Waals surface area contributed by atoms with Gasteiger partial charge >= 0.3 is 0 Å². The highest BCUT2D eigenvalue weighted by Gasteiger charge is 2.23. The number of hydrogen-bond donors (Lipinski definition) is 1. The first-order valence-electron chi connectivity index (χ1n) is 5.87. The molecule has 0 saturated heterocycles. The van der Waals surface area contributed by atoms with Gasteiger partial charge in [-0.2, -0.15) is 0 Å². The molecule has 94 valence electrons. The summed E-state index contributed by atoms with van der Waals surface area (Å²) >= 11 is 3.49. The van der Waals surface area contributed by atoms with Crippen LogP contribution in [0.3, 0.4) is 0 Å². The Morgan fingerprint density at radius 3 is 2.71 bits per heavy atom. The third kappa shape index (κ3) is 3.13. The van der Waals surface area contributed by atoms with Crippen molar-refractivity contribution in [3.63, 3.8) is 0 Å². The maximum Gasteiger partial charge on any atom is 0.174 e. The van der Waals surface area contributed by atoms with Crippen LogP contribution in [0.4, 0.5) is 0 Å². The first kappa shape index (κ1) is 12.7. The van der Waals surface area contributed by atoms with Crippen molar-refractivity contribution in [3.05, 3.63) is 22.2 Å². The lowest BCUT2D eigenvalue weighted by molar-refractivity contribution is 0.279. The highest BCUT2D eigenvalue weighted by molar-refractivity contribution is 9.10. The van der Waals surface area contributed by atoms with Gasteiger partial charge in [-0.05, 0) is 59.3 Å². The maximum atomic E-state index is 5.89. The molecule has 0 amide bonds. The summed E-state index contributed by atoms with van der Waals surface area (Å²) in [5.41, 5.74) is 6.94. The van der Waals surface area contributed by atoms with Gasteiger partial charge in [0.15, 0.2) is 11.5 Å². The van der Waals surface area contributed by atoms with E-state index < -0.39 is 0 Å². The lowest BCUT2D eigenvalue weighted by Gasteiger charge is -2.15. The van der Waals surface area contributed by atoms with E-state index in [-0.39, 0.29) is 6.04 Å². The topological polar surface area (TPSA) is 44.5 Å². The molecule has 1 unspecified atom stereocenters. The van der Waals surface area contributed by atoms with E-state index in [9.17, 15) is 0 Å². The van der Waals surface area contributed by atoms with Gasteiger partial charge < -0.3 is 15.2 Å². The third-order valence-corrected chi connectivity index (χ3v) is 3.52. The SMILES string of the molecule is COc1c(Br)cc(C(C)N)cc1OCC1CC1. The summed E-state index contributed by atoms with van der Waals surface area (Å²) in [6.45, 7) is 2.73. The fourth-order valence-corrected chi connectivity index (χ4v) is 2.27. The van der Waals surface area contributed by atoms with Crippen molar-refractivity contribution in [3.8, 4) is 11.5 Å². The van der Waals surface area contributed by atoms with Gasteiger partial charge in [0.25, 0.3) is 0 Å². The van der Waals surface area contributed by atoms with Crippen molar-refractivity contribution in [1.82, 2.24) is 0 Å². The Hall–Kier alpha value is -0.740. The lowest BCUT2D eigenvalue weighted by Crippen LogP contribution is -2.07.